The van der Waals surface area contributed by atoms with E-state index in [-0.39, 0.29) is 0 Å². The summed E-state index contributed by atoms with van der Waals surface area (Å²) in [6.07, 6.45) is 0.944. The average molecular weight is 895 g/mol. The van der Waals surface area contributed by atoms with E-state index in [1.165, 1.54) is 0 Å². The summed E-state index contributed by atoms with van der Waals surface area (Å²) in [4.78, 5) is 0. The summed E-state index contributed by atoms with van der Waals surface area (Å²) < 4.78 is 63.3. The lowest BCUT2D eigenvalue weighted by Gasteiger charge is -2.39. The van der Waals surface area contributed by atoms with Crippen LogP contribution in [0.15, 0.2) is 72.8 Å². The molecular weight excluding hydrogens is 830 g/mol. The van der Waals surface area contributed by atoms with E-state index in [2.05, 4.69) is 159 Å². The lowest BCUT2D eigenvalue weighted by atomic mass is 9.81. The largest absolute Gasteiger partial charge is 0.452 e. The van der Waals surface area contributed by atoms with Crippen molar-refractivity contribution in [2.24, 2.45) is 0 Å². The second kappa shape index (κ2) is 15.6. The zero-order valence-electron chi connectivity index (χ0n) is 39.6. The highest BCUT2D eigenvalue weighted by Gasteiger charge is 2.59. The van der Waals surface area contributed by atoms with Crippen LogP contribution in [0, 0.1) is 27.7 Å². The average Bonchev–Trinajstić information content (AvgIpc) is 3.10. The Morgan fingerprint density at radius 2 is 0.677 bits per heavy atom. The minimum Gasteiger partial charge on any atom is -0.415 e. The second-order valence-electron chi connectivity index (χ2n) is 21.9. The maximum atomic E-state index is 17.2. The smallest absolute Gasteiger partial charge is 0.415 e. The summed E-state index contributed by atoms with van der Waals surface area (Å²) >= 11 is 6.60. The van der Waals surface area contributed by atoms with Crippen molar-refractivity contribution in [2.75, 3.05) is 0 Å². The lowest BCUT2D eigenvalue weighted by Crippen LogP contribution is -2.25. The Hall–Kier alpha value is -3.95. The van der Waals surface area contributed by atoms with Gasteiger partial charge in [0.15, 0.2) is 0 Å². The number of fused-ring (bicyclic) bond motifs is 4. The van der Waals surface area contributed by atoms with Crippen molar-refractivity contribution in [3.05, 3.63) is 150 Å². The lowest BCUT2D eigenvalue weighted by molar-refractivity contribution is 0.339. The highest BCUT2D eigenvalue weighted by atomic mass is 35.5. The fraction of sp³-hybridized carbons (Fsp3) is 0.434. The zero-order valence-corrected chi connectivity index (χ0v) is 42.2. The van der Waals surface area contributed by atoms with Crippen LogP contribution in [-0.2, 0) is 43.6 Å². The highest BCUT2D eigenvalue weighted by molar-refractivity contribution is 7.72. The van der Waals surface area contributed by atoms with Crippen molar-refractivity contribution in [3.63, 3.8) is 0 Å². The predicted octanol–water partition coefficient (Wildman–Crippen LogP) is 16.3. The molecule has 0 N–H and O–H groups in total. The monoisotopic (exact) mass is 894 g/mol. The molecule has 0 saturated heterocycles. The van der Waals surface area contributed by atoms with Crippen molar-refractivity contribution < 1.29 is 27.2 Å². The third kappa shape index (κ3) is 8.91. The molecule has 62 heavy (non-hydrogen) atoms. The third-order valence-electron chi connectivity index (χ3n) is 11.9. The summed E-state index contributed by atoms with van der Waals surface area (Å²) in [6, 6.07) is 23.7. The first-order valence-electron chi connectivity index (χ1n) is 21.8. The van der Waals surface area contributed by atoms with Crippen LogP contribution in [0.4, 0.5) is 0 Å². The maximum absolute atomic E-state index is 17.2. The van der Waals surface area contributed by atoms with Crippen LogP contribution in [0.25, 0.3) is 0 Å². The van der Waals surface area contributed by atoms with Crippen LogP contribution >= 0.6 is 26.8 Å². The first kappa shape index (κ1) is 46.1. The van der Waals surface area contributed by atoms with Crippen molar-refractivity contribution in [3.8, 4) is 23.0 Å². The molecule has 0 aromatic heterocycles. The Balaban J connectivity index is 1.65. The summed E-state index contributed by atoms with van der Waals surface area (Å²) in [5.41, 5.74) is 9.77. The number of benzene rings is 5. The van der Waals surface area contributed by atoms with E-state index >= 15 is 9.13 Å². The predicted molar refractivity (Wildman–Crippen MR) is 257 cm³/mol. The summed E-state index contributed by atoms with van der Waals surface area (Å²) in [6.45, 7) is 33.7. The molecule has 5 aromatic rings. The van der Waals surface area contributed by atoms with Crippen LogP contribution in [0.5, 0.6) is 23.0 Å². The molecule has 0 aliphatic carbocycles. The van der Waals surface area contributed by atoms with Gasteiger partial charge in [-0.2, -0.15) is 0 Å². The third-order valence-corrected chi connectivity index (χ3v) is 17.4. The number of rotatable bonds is 3. The minimum atomic E-state index is -4.80. The Labute approximate surface area is 376 Å². The molecule has 2 aliphatic heterocycles. The van der Waals surface area contributed by atoms with Crippen LogP contribution in [0.2, 0.25) is 5.02 Å². The van der Waals surface area contributed by atoms with Crippen molar-refractivity contribution in [2.45, 2.75) is 151 Å². The molecule has 2 heterocycles. The minimum absolute atomic E-state index is 0.385. The molecule has 0 unspecified atom stereocenters. The van der Waals surface area contributed by atoms with E-state index in [9.17, 15) is 0 Å². The first-order valence-corrected chi connectivity index (χ1v) is 25.4. The van der Waals surface area contributed by atoms with Gasteiger partial charge in [0.05, 0.1) is 0 Å². The molecule has 7 rings (SSSR count). The zero-order chi connectivity index (χ0) is 45.7. The highest BCUT2D eigenvalue weighted by Crippen LogP contribution is 2.79. The van der Waals surface area contributed by atoms with E-state index in [0.717, 1.165) is 66.8 Å². The van der Waals surface area contributed by atoms with Gasteiger partial charge in [-0.05, 0) is 89.3 Å². The van der Waals surface area contributed by atoms with Crippen LogP contribution in [0.3, 0.4) is 0 Å². The van der Waals surface area contributed by atoms with E-state index in [4.69, 9.17) is 29.7 Å². The molecule has 6 nitrogen and oxygen atoms in total. The Morgan fingerprint density at radius 3 is 0.903 bits per heavy atom. The van der Waals surface area contributed by atoms with Crippen LogP contribution in [-0.4, -0.2) is 0 Å². The van der Waals surface area contributed by atoms with E-state index < -0.39 is 42.3 Å². The molecule has 0 saturated carbocycles. The van der Waals surface area contributed by atoms with Gasteiger partial charge in [0.25, 0.3) is 0 Å². The van der Waals surface area contributed by atoms with Crippen molar-refractivity contribution >= 4 is 26.8 Å². The van der Waals surface area contributed by atoms with Gasteiger partial charge in [-0.3, -0.25) is 0 Å². The normalized spacial score (nSPS) is 16.1. The van der Waals surface area contributed by atoms with E-state index in [1.807, 2.05) is 0 Å². The molecule has 5 aromatic carbocycles. The fourth-order valence-electron chi connectivity index (χ4n) is 8.91. The van der Waals surface area contributed by atoms with Crippen molar-refractivity contribution in [1.29, 1.82) is 0 Å². The number of halogens is 1. The van der Waals surface area contributed by atoms with Gasteiger partial charge in [-0.15, -0.1) is 0 Å². The van der Waals surface area contributed by atoms with Crippen LogP contribution < -0.4 is 18.1 Å². The van der Waals surface area contributed by atoms with Gasteiger partial charge in [0.1, 0.15) is 23.0 Å². The Kier molecular flexibility index (Phi) is 11.6. The molecule has 330 valence electrons. The fourth-order valence-corrected chi connectivity index (χ4v) is 14.4. The van der Waals surface area contributed by atoms with Gasteiger partial charge in [0.2, 0.25) is 5.40 Å². The molecule has 0 atom stereocenters. The van der Waals surface area contributed by atoms with Gasteiger partial charge in [-0.25, -0.2) is 9.13 Å². The van der Waals surface area contributed by atoms with E-state index in [0.29, 0.717) is 46.4 Å². The molecule has 2 aliphatic rings. The maximum Gasteiger partial charge on any atom is 0.452 e. The van der Waals surface area contributed by atoms with Gasteiger partial charge in [-0.1, -0.05) is 178 Å². The van der Waals surface area contributed by atoms with Gasteiger partial charge in [0, 0.05) is 40.1 Å². The van der Waals surface area contributed by atoms with Crippen LogP contribution in [0.1, 0.15) is 161 Å². The van der Waals surface area contributed by atoms with E-state index in [1.54, 1.807) is 24.3 Å². The molecule has 0 fully saturated rings. The number of hydrogen-bond donors (Lipinski definition) is 0. The van der Waals surface area contributed by atoms with Gasteiger partial charge < -0.3 is 18.1 Å². The van der Waals surface area contributed by atoms with Crippen molar-refractivity contribution in [1.82, 2.24) is 0 Å². The molecular formula is C53H65ClO6P2. The molecule has 0 amide bonds. The summed E-state index contributed by atoms with van der Waals surface area (Å²) in [7, 11) is -9.60. The Morgan fingerprint density at radius 1 is 0.435 bits per heavy atom. The molecule has 9 heteroatoms. The Bertz CT molecular complexity index is 2370. The summed E-state index contributed by atoms with van der Waals surface area (Å²) in [5, 5.41) is -1.14. The topological polar surface area (TPSA) is 71.1 Å². The molecule has 0 radical (unpaired) electrons. The SMILES string of the molecule is Cc1cc2c(c(C(C)(C)C)c1)OP(=O)(C(c1ccc(Cl)cc1)P1(=O)Oc3c(cc(C)cc3C(C)(C)C)Cc3cc(C)cc(C(C)(C)C)c3O1)Oc1c(cc(C)cc1C(C)(C)C)C2. The molecule has 0 spiro atoms. The quantitative estimate of drug-likeness (QED) is 0.168. The number of hydrogen-bond acceptors (Lipinski definition) is 6. The first-order chi connectivity index (χ1) is 28.5. The second-order valence-corrected chi connectivity index (χ2v) is 26.7. The summed E-state index contributed by atoms with van der Waals surface area (Å²) in [5.74, 6) is 1.80. The molecule has 0 bridgehead atoms. The van der Waals surface area contributed by atoms with Gasteiger partial charge >= 0.3 is 15.2 Å². The number of aryl methyl sites for hydroxylation is 4. The standard InChI is InChI=1S/C53H65ClO6P2/c1-31-21-36-29-37-22-32(2)26-42(51(8,9)10)46(37)58-61(55,57-45(36)41(25-31)50(5,6)7)49(35-17-19-40(54)20-18-35)62(56)59-47-38(23-33(3)27-43(47)52(11,12)13)30-39-24-34(4)28-44(48(39)60-62)53(14,15)16/h17-28,49H,29-30H2,1-16H3.